The maximum atomic E-state index is 13.2. The van der Waals surface area contributed by atoms with Crippen LogP contribution < -0.4 is 10.6 Å². The number of amides is 2. The van der Waals surface area contributed by atoms with Crippen LogP contribution in [0.4, 0.5) is 0 Å². The molecule has 1 saturated heterocycles. The number of nitrogens with one attached hydrogen (secondary N) is 2. The van der Waals surface area contributed by atoms with Crippen LogP contribution in [0, 0.1) is 0 Å². The molecule has 3 aromatic rings. The lowest BCUT2D eigenvalue weighted by Crippen LogP contribution is -2.47. The summed E-state index contributed by atoms with van der Waals surface area (Å²) in [5, 5.41) is 7.21. The Bertz CT molecular complexity index is 1150. The van der Waals surface area contributed by atoms with Gasteiger partial charge in [0.1, 0.15) is 0 Å². The lowest BCUT2D eigenvalue weighted by molar-refractivity contribution is -0.109. The fraction of sp³-hybridized carbons (Fsp3) is 0.286. The number of halogens is 2. The molecule has 2 aliphatic rings. The molecule has 1 unspecified atom stereocenters. The minimum atomic E-state index is -0.0536. The minimum Gasteiger partial charge on any atom is -0.358 e. The molecular formula is C28H29Cl2N3O2. The van der Waals surface area contributed by atoms with Gasteiger partial charge in [-0.2, -0.15) is 0 Å². The Hall–Kier alpha value is -2.86. The van der Waals surface area contributed by atoms with Crippen molar-refractivity contribution in [1.82, 2.24) is 15.5 Å². The predicted molar refractivity (Wildman–Crippen MR) is 141 cm³/mol. The van der Waals surface area contributed by atoms with Gasteiger partial charge in [0.25, 0.3) is 5.91 Å². The minimum absolute atomic E-state index is 0.0536. The van der Waals surface area contributed by atoms with Crippen LogP contribution in [0.2, 0.25) is 10.0 Å². The summed E-state index contributed by atoms with van der Waals surface area (Å²) in [6.45, 7) is 2.49. The molecule has 2 heterocycles. The molecule has 7 heteroatoms. The summed E-state index contributed by atoms with van der Waals surface area (Å²) in [6.07, 6.45) is 3.37. The monoisotopic (exact) mass is 509 g/mol. The summed E-state index contributed by atoms with van der Waals surface area (Å²) in [5.74, 6) is 0.0987. The van der Waals surface area contributed by atoms with E-state index in [0.29, 0.717) is 16.6 Å². The molecule has 1 fully saturated rings. The number of hydrogen-bond acceptors (Lipinski definition) is 3. The molecule has 2 N–H and O–H groups in total. The fourth-order valence-electron chi connectivity index (χ4n) is 4.74. The first kappa shape index (κ1) is 25.2. The second-order valence-corrected chi connectivity index (χ2v) is 9.55. The van der Waals surface area contributed by atoms with Crippen LogP contribution in [0.3, 0.4) is 0 Å². The number of hydrogen-bond donors (Lipinski definition) is 2. The lowest BCUT2D eigenvalue weighted by atomic mass is 9.88. The zero-order valence-corrected chi connectivity index (χ0v) is 20.9. The molecule has 2 atom stereocenters. The second kappa shape index (κ2) is 12.2. The van der Waals surface area contributed by atoms with E-state index in [2.05, 4.69) is 10.6 Å². The first-order valence-corrected chi connectivity index (χ1v) is 12.6. The van der Waals surface area contributed by atoms with E-state index in [1.165, 1.54) is 5.56 Å². The Labute approximate surface area is 216 Å². The van der Waals surface area contributed by atoms with Gasteiger partial charge >= 0.3 is 0 Å². The van der Waals surface area contributed by atoms with Crippen molar-refractivity contribution in [1.29, 1.82) is 0 Å². The second-order valence-electron chi connectivity index (χ2n) is 8.71. The molecule has 0 saturated carbocycles. The van der Waals surface area contributed by atoms with Crippen molar-refractivity contribution in [3.8, 4) is 0 Å². The van der Waals surface area contributed by atoms with E-state index < -0.39 is 0 Å². The molecule has 35 heavy (non-hydrogen) atoms. The summed E-state index contributed by atoms with van der Waals surface area (Å²) in [5.41, 5.74) is 4.11. The molecule has 0 spiro atoms. The van der Waals surface area contributed by atoms with Crippen molar-refractivity contribution in [3.05, 3.63) is 105 Å². The Kier molecular flexibility index (Phi) is 8.80. The maximum Gasteiger partial charge on any atom is 0.254 e. The summed E-state index contributed by atoms with van der Waals surface area (Å²) >= 11 is 12.5. The van der Waals surface area contributed by atoms with Gasteiger partial charge in [0.15, 0.2) is 0 Å². The number of carbonyl (C=O) groups excluding carboxylic acids is 2. The molecule has 3 aromatic carbocycles. The molecule has 182 valence electrons. The van der Waals surface area contributed by atoms with Crippen molar-refractivity contribution < 1.29 is 9.59 Å². The van der Waals surface area contributed by atoms with Gasteiger partial charge in [0, 0.05) is 34.7 Å². The van der Waals surface area contributed by atoms with Crippen molar-refractivity contribution in [2.75, 3.05) is 19.6 Å². The fourth-order valence-corrected chi connectivity index (χ4v) is 5.28. The first-order valence-electron chi connectivity index (χ1n) is 11.9. The molecule has 0 bridgehead atoms. The van der Waals surface area contributed by atoms with Crippen LogP contribution in [0.5, 0.6) is 0 Å². The van der Waals surface area contributed by atoms with Crippen LogP contribution in [-0.2, 0) is 17.6 Å². The zero-order valence-electron chi connectivity index (χ0n) is 19.4. The summed E-state index contributed by atoms with van der Waals surface area (Å²) in [7, 11) is 0. The highest BCUT2D eigenvalue weighted by molar-refractivity contribution is 6.35. The van der Waals surface area contributed by atoms with E-state index in [1.54, 1.807) is 6.07 Å². The van der Waals surface area contributed by atoms with Crippen LogP contribution in [0.25, 0.3) is 0 Å². The maximum absolute atomic E-state index is 13.2. The highest BCUT2D eigenvalue weighted by Crippen LogP contribution is 2.39. The Morgan fingerprint density at radius 2 is 1.80 bits per heavy atom. The van der Waals surface area contributed by atoms with E-state index >= 15 is 0 Å². The van der Waals surface area contributed by atoms with Gasteiger partial charge in [0.2, 0.25) is 6.41 Å². The standard InChI is InChI=1S/C19H18Cl2N2O.C9H11NO/c20-13-5-6-16(17(21)10-13)18-9-12-3-1-2-4-15(12)19(24)23(18)14-7-8-22-11-14;11-8-10-7-6-9-4-2-1-3-5-9/h1-6,10,14,18,22H,7-9,11H2;1-5,8H,6-7H2,(H,10,11)/t14-,18?;/m0./s1. The SMILES string of the molecule is O=C1c2ccccc2CC(c2ccc(Cl)cc2Cl)N1[C@H]1CCNC1.O=CNCCc1ccccc1. The predicted octanol–water partition coefficient (Wildman–Crippen LogP) is 5.07. The van der Waals surface area contributed by atoms with Crippen LogP contribution >= 0.6 is 23.2 Å². The van der Waals surface area contributed by atoms with Crippen LogP contribution in [0.15, 0.2) is 72.8 Å². The highest BCUT2D eigenvalue weighted by Gasteiger charge is 2.39. The number of nitrogens with zero attached hydrogens (tertiary/aromatic N) is 1. The zero-order chi connectivity index (χ0) is 24.6. The van der Waals surface area contributed by atoms with Gasteiger partial charge in [-0.3, -0.25) is 9.59 Å². The van der Waals surface area contributed by atoms with E-state index in [1.807, 2.05) is 71.6 Å². The lowest BCUT2D eigenvalue weighted by Gasteiger charge is -2.41. The largest absolute Gasteiger partial charge is 0.358 e. The van der Waals surface area contributed by atoms with Crippen molar-refractivity contribution in [2.45, 2.75) is 31.3 Å². The molecule has 2 amide bonds. The smallest absolute Gasteiger partial charge is 0.254 e. The molecule has 5 nitrogen and oxygen atoms in total. The third kappa shape index (κ3) is 6.23. The van der Waals surface area contributed by atoms with Gasteiger partial charge in [-0.25, -0.2) is 0 Å². The van der Waals surface area contributed by atoms with Gasteiger partial charge in [-0.05, 0) is 60.7 Å². The van der Waals surface area contributed by atoms with E-state index in [-0.39, 0.29) is 18.0 Å². The molecule has 0 aromatic heterocycles. The summed E-state index contributed by atoms with van der Waals surface area (Å²) < 4.78 is 0. The number of carbonyl (C=O) groups is 2. The van der Waals surface area contributed by atoms with E-state index in [4.69, 9.17) is 23.2 Å². The topological polar surface area (TPSA) is 61.4 Å². The highest BCUT2D eigenvalue weighted by atomic mass is 35.5. The third-order valence-corrected chi connectivity index (χ3v) is 7.03. The van der Waals surface area contributed by atoms with Crippen molar-refractivity contribution in [3.63, 3.8) is 0 Å². The Balaban J connectivity index is 0.000000221. The average Bonchev–Trinajstić information content (AvgIpc) is 3.40. The first-order chi connectivity index (χ1) is 17.1. The quantitative estimate of drug-likeness (QED) is 0.360. The van der Waals surface area contributed by atoms with Crippen molar-refractivity contribution >= 4 is 35.5 Å². The Morgan fingerprint density at radius 1 is 1.03 bits per heavy atom. The number of fused-ring (bicyclic) bond motifs is 1. The van der Waals surface area contributed by atoms with Gasteiger partial charge < -0.3 is 15.5 Å². The van der Waals surface area contributed by atoms with Gasteiger partial charge in [-0.15, -0.1) is 0 Å². The molecular weight excluding hydrogens is 481 g/mol. The third-order valence-electron chi connectivity index (χ3n) is 6.46. The summed E-state index contributed by atoms with van der Waals surface area (Å²) in [4.78, 5) is 25.1. The number of benzene rings is 3. The molecule has 2 aliphatic heterocycles. The van der Waals surface area contributed by atoms with Crippen LogP contribution in [0.1, 0.15) is 39.5 Å². The van der Waals surface area contributed by atoms with Gasteiger partial charge in [0.05, 0.1) is 6.04 Å². The Morgan fingerprint density at radius 3 is 2.51 bits per heavy atom. The van der Waals surface area contributed by atoms with Gasteiger partial charge in [-0.1, -0.05) is 77.8 Å². The van der Waals surface area contributed by atoms with Crippen molar-refractivity contribution in [2.24, 2.45) is 0 Å². The average molecular weight is 510 g/mol. The molecule has 0 aliphatic carbocycles. The van der Waals surface area contributed by atoms with Crippen LogP contribution in [-0.4, -0.2) is 42.9 Å². The van der Waals surface area contributed by atoms with E-state index in [9.17, 15) is 9.59 Å². The number of rotatable bonds is 6. The molecule has 0 radical (unpaired) electrons. The molecule has 5 rings (SSSR count). The normalized spacial score (nSPS) is 18.9. The van der Waals surface area contributed by atoms with E-state index in [0.717, 1.165) is 55.5 Å². The summed E-state index contributed by atoms with van der Waals surface area (Å²) in [6, 6.07) is 23.6.